The molecule has 0 radical (unpaired) electrons. The van der Waals surface area contributed by atoms with E-state index < -0.39 is 0 Å². The minimum absolute atomic E-state index is 0.343. The van der Waals surface area contributed by atoms with Crippen molar-refractivity contribution in [3.8, 4) is 5.75 Å². The van der Waals surface area contributed by atoms with Gasteiger partial charge in [-0.25, -0.2) is 0 Å². The molecule has 3 nitrogen and oxygen atoms in total. The summed E-state index contributed by atoms with van der Waals surface area (Å²) in [7, 11) is 3.74. The number of hydrogen-bond acceptors (Lipinski definition) is 3. The monoisotopic (exact) mass is 300 g/mol. The van der Waals surface area contributed by atoms with E-state index in [1.54, 1.807) is 7.11 Å². The van der Waals surface area contributed by atoms with Gasteiger partial charge in [-0.2, -0.15) is 0 Å². The van der Waals surface area contributed by atoms with Crippen molar-refractivity contribution in [2.75, 3.05) is 25.6 Å². The quantitative estimate of drug-likeness (QED) is 0.909. The van der Waals surface area contributed by atoms with Crippen LogP contribution in [0.3, 0.4) is 0 Å². The molecule has 0 fully saturated rings. The third-order valence-electron chi connectivity index (χ3n) is 3.05. The van der Waals surface area contributed by atoms with Gasteiger partial charge in [0.2, 0.25) is 0 Å². The summed E-state index contributed by atoms with van der Waals surface area (Å²) in [6, 6.07) is 6.41. The van der Waals surface area contributed by atoms with Crippen molar-refractivity contribution >= 4 is 21.6 Å². The molecule has 1 aromatic rings. The number of halogens is 1. The number of anilines is 1. The highest BCUT2D eigenvalue weighted by Crippen LogP contribution is 2.30. The van der Waals surface area contributed by atoms with Gasteiger partial charge in [0.25, 0.3) is 0 Å². The van der Waals surface area contributed by atoms with Gasteiger partial charge in [-0.1, -0.05) is 13.8 Å². The molecule has 1 rings (SSSR count). The van der Waals surface area contributed by atoms with Crippen LogP contribution >= 0.6 is 15.9 Å². The molecule has 17 heavy (non-hydrogen) atoms. The highest BCUT2D eigenvalue weighted by Gasteiger charge is 2.18. The Morgan fingerprint density at radius 2 is 2.06 bits per heavy atom. The average molecular weight is 301 g/mol. The van der Waals surface area contributed by atoms with Gasteiger partial charge in [-0.05, 0) is 40.0 Å². The smallest absolute Gasteiger partial charge is 0.133 e. The van der Waals surface area contributed by atoms with E-state index in [-0.39, 0.29) is 0 Å². The first-order valence-corrected chi connectivity index (χ1v) is 6.57. The number of hydrogen-bond donors (Lipinski definition) is 1. The molecule has 0 aliphatic carbocycles. The Kier molecular flexibility index (Phi) is 5.28. The summed E-state index contributed by atoms with van der Waals surface area (Å²) in [4.78, 5) is 2.22. The van der Waals surface area contributed by atoms with Crippen LogP contribution in [0, 0.1) is 5.92 Å². The zero-order valence-electron chi connectivity index (χ0n) is 10.9. The fraction of sp³-hybridized carbons (Fsp3) is 0.538. The fourth-order valence-electron chi connectivity index (χ4n) is 1.94. The van der Waals surface area contributed by atoms with Gasteiger partial charge < -0.3 is 15.4 Å². The molecular formula is C13H21BrN2O. The average Bonchev–Trinajstić information content (AvgIpc) is 2.29. The SMILES string of the molecule is COc1ccc(N(C)C(CN)C(C)C)cc1Br. The largest absolute Gasteiger partial charge is 0.496 e. The van der Waals surface area contributed by atoms with E-state index in [1.807, 2.05) is 6.07 Å². The van der Waals surface area contributed by atoms with E-state index in [1.165, 1.54) is 0 Å². The third kappa shape index (κ3) is 3.36. The Morgan fingerprint density at radius 3 is 2.47 bits per heavy atom. The van der Waals surface area contributed by atoms with Crippen LogP contribution in [-0.2, 0) is 0 Å². The Labute approximate surface area is 112 Å². The van der Waals surface area contributed by atoms with Crippen molar-refractivity contribution in [3.63, 3.8) is 0 Å². The van der Waals surface area contributed by atoms with Gasteiger partial charge in [-0.15, -0.1) is 0 Å². The summed E-state index contributed by atoms with van der Waals surface area (Å²) in [5.41, 5.74) is 6.97. The first kappa shape index (κ1) is 14.3. The van der Waals surface area contributed by atoms with E-state index in [9.17, 15) is 0 Å². The molecule has 1 aromatic carbocycles. The van der Waals surface area contributed by atoms with Gasteiger partial charge >= 0.3 is 0 Å². The topological polar surface area (TPSA) is 38.5 Å². The molecule has 0 bridgehead atoms. The maximum atomic E-state index is 5.83. The highest BCUT2D eigenvalue weighted by molar-refractivity contribution is 9.10. The summed E-state index contributed by atoms with van der Waals surface area (Å²) < 4.78 is 6.19. The lowest BCUT2D eigenvalue weighted by molar-refractivity contribution is 0.412. The van der Waals surface area contributed by atoms with Crippen LogP contribution in [-0.4, -0.2) is 26.7 Å². The number of likely N-dealkylation sites (N-methyl/N-ethyl adjacent to an activating group) is 1. The molecule has 0 amide bonds. The summed E-state index contributed by atoms with van der Waals surface area (Å²) in [5, 5.41) is 0. The molecule has 96 valence electrons. The van der Waals surface area contributed by atoms with Crippen LogP contribution in [0.1, 0.15) is 13.8 Å². The molecule has 0 aliphatic heterocycles. The number of nitrogens with zero attached hydrogens (tertiary/aromatic N) is 1. The zero-order valence-corrected chi connectivity index (χ0v) is 12.5. The van der Waals surface area contributed by atoms with Crippen LogP contribution in [0.5, 0.6) is 5.75 Å². The van der Waals surface area contributed by atoms with E-state index in [2.05, 4.69) is 53.9 Å². The Hall–Kier alpha value is -0.740. The van der Waals surface area contributed by atoms with Crippen LogP contribution < -0.4 is 15.4 Å². The second-order valence-corrected chi connectivity index (χ2v) is 5.33. The molecular weight excluding hydrogens is 280 g/mol. The predicted octanol–water partition coefficient (Wildman–Crippen LogP) is 2.88. The molecule has 1 unspecified atom stereocenters. The molecule has 0 heterocycles. The standard InChI is InChI=1S/C13H21BrN2O/c1-9(2)12(8-15)16(3)10-5-6-13(17-4)11(14)7-10/h5-7,9,12H,8,15H2,1-4H3. The number of benzene rings is 1. The third-order valence-corrected chi connectivity index (χ3v) is 3.67. The molecule has 0 saturated carbocycles. The van der Waals surface area contributed by atoms with Crippen molar-refractivity contribution in [3.05, 3.63) is 22.7 Å². The summed E-state index contributed by atoms with van der Waals surface area (Å²) in [6.07, 6.45) is 0. The van der Waals surface area contributed by atoms with Crippen LogP contribution in [0.25, 0.3) is 0 Å². The first-order chi connectivity index (χ1) is 8.01. The van der Waals surface area contributed by atoms with Gasteiger partial charge in [0, 0.05) is 25.3 Å². The van der Waals surface area contributed by atoms with E-state index in [0.29, 0.717) is 18.5 Å². The molecule has 0 spiro atoms. The lowest BCUT2D eigenvalue weighted by atomic mass is 10.0. The minimum atomic E-state index is 0.343. The summed E-state index contributed by atoms with van der Waals surface area (Å²) in [6.45, 7) is 5.02. The fourth-order valence-corrected chi connectivity index (χ4v) is 2.47. The van der Waals surface area contributed by atoms with Crippen molar-refractivity contribution < 1.29 is 4.74 Å². The van der Waals surface area contributed by atoms with Gasteiger partial charge in [-0.3, -0.25) is 0 Å². The number of rotatable bonds is 5. The van der Waals surface area contributed by atoms with Crippen molar-refractivity contribution in [1.82, 2.24) is 0 Å². The number of methoxy groups -OCH3 is 1. The van der Waals surface area contributed by atoms with Gasteiger partial charge in [0.15, 0.2) is 0 Å². The van der Waals surface area contributed by atoms with Crippen LogP contribution in [0.2, 0.25) is 0 Å². The van der Waals surface area contributed by atoms with Crippen LogP contribution in [0.15, 0.2) is 22.7 Å². The summed E-state index contributed by atoms with van der Waals surface area (Å²) in [5.74, 6) is 1.36. The molecule has 1 atom stereocenters. The zero-order chi connectivity index (χ0) is 13.0. The minimum Gasteiger partial charge on any atom is -0.496 e. The van der Waals surface area contributed by atoms with Gasteiger partial charge in [0.05, 0.1) is 11.6 Å². The van der Waals surface area contributed by atoms with E-state index in [0.717, 1.165) is 15.9 Å². The maximum absolute atomic E-state index is 5.83. The van der Waals surface area contributed by atoms with Gasteiger partial charge in [0.1, 0.15) is 5.75 Å². The normalized spacial score (nSPS) is 12.6. The maximum Gasteiger partial charge on any atom is 0.133 e. The molecule has 2 N–H and O–H groups in total. The molecule has 0 saturated heterocycles. The lowest BCUT2D eigenvalue weighted by Crippen LogP contribution is -2.41. The number of ether oxygens (including phenoxy) is 1. The van der Waals surface area contributed by atoms with Crippen molar-refractivity contribution in [2.45, 2.75) is 19.9 Å². The number of nitrogens with two attached hydrogens (primary N) is 1. The van der Waals surface area contributed by atoms with E-state index >= 15 is 0 Å². The molecule has 4 heteroatoms. The predicted molar refractivity (Wildman–Crippen MR) is 76.8 cm³/mol. The molecule has 0 aliphatic rings. The first-order valence-electron chi connectivity index (χ1n) is 5.77. The van der Waals surface area contributed by atoms with Crippen molar-refractivity contribution in [1.29, 1.82) is 0 Å². The lowest BCUT2D eigenvalue weighted by Gasteiger charge is -2.32. The Morgan fingerprint density at radius 1 is 1.41 bits per heavy atom. The Balaban J connectivity index is 2.95. The van der Waals surface area contributed by atoms with E-state index in [4.69, 9.17) is 10.5 Å². The highest BCUT2D eigenvalue weighted by atomic mass is 79.9. The molecule has 0 aromatic heterocycles. The van der Waals surface area contributed by atoms with Crippen molar-refractivity contribution in [2.24, 2.45) is 11.7 Å². The Bertz CT molecular complexity index is 368. The second kappa shape index (κ2) is 6.26. The van der Waals surface area contributed by atoms with Crippen LogP contribution in [0.4, 0.5) is 5.69 Å². The summed E-state index contributed by atoms with van der Waals surface area (Å²) >= 11 is 3.50. The second-order valence-electron chi connectivity index (χ2n) is 4.48.